The number of nitro benzene ring substituents is 1. The number of nitro groups is 1. The van der Waals surface area contributed by atoms with E-state index in [9.17, 15) is 19.7 Å². The van der Waals surface area contributed by atoms with E-state index in [-0.39, 0.29) is 23.7 Å². The first-order valence-electron chi connectivity index (χ1n) is 10.1. The molecule has 3 aromatic rings. The van der Waals surface area contributed by atoms with Crippen LogP contribution in [0.15, 0.2) is 70.0 Å². The van der Waals surface area contributed by atoms with Gasteiger partial charge in [0.05, 0.1) is 30.9 Å². The molecule has 0 spiro atoms. The SMILES string of the molecule is O=C1S/C(=C/c2ccc(OCc3ccc(Cl)c(Cl)c3)c(Br)c2)C(=O)N1Cc1cccc([N+](=O)[O-])c1. The van der Waals surface area contributed by atoms with E-state index in [1.165, 1.54) is 18.2 Å². The molecular weight excluding hydrogens is 579 g/mol. The van der Waals surface area contributed by atoms with E-state index < -0.39 is 16.1 Å². The van der Waals surface area contributed by atoms with Crippen LogP contribution in [0.25, 0.3) is 6.08 Å². The second-order valence-corrected chi connectivity index (χ2v) is 10.1. The van der Waals surface area contributed by atoms with Gasteiger partial charge < -0.3 is 4.74 Å². The number of hydrogen-bond donors (Lipinski definition) is 0. The Morgan fingerprint density at radius 3 is 2.54 bits per heavy atom. The van der Waals surface area contributed by atoms with Gasteiger partial charge in [-0.1, -0.05) is 47.5 Å². The summed E-state index contributed by atoms with van der Waals surface area (Å²) < 4.78 is 6.51. The topological polar surface area (TPSA) is 89.8 Å². The minimum atomic E-state index is -0.521. The number of halogens is 3. The number of amides is 2. The van der Waals surface area contributed by atoms with Gasteiger partial charge in [-0.05, 0) is 74.7 Å². The van der Waals surface area contributed by atoms with Crippen LogP contribution < -0.4 is 4.74 Å². The van der Waals surface area contributed by atoms with Crippen molar-refractivity contribution in [3.63, 3.8) is 0 Å². The lowest BCUT2D eigenvalue weighted by molar-refractivity contribution is -0.384. The Bertz CT molecular complexity index is 1380. The summed E-state index contributed by atoms with van der Waals surface area (Å²) in [6.07, 6.45) is 1.62. The summed E-state index contributed by atoms with van der Waals surface area (Å²) in [6, 6.07) is 16.4. The average Bonchev–Trinajstić information content (AvgIpc) is 3.08. The lowest BCUT2D eigenvalue weighted by Crippen LogP contribution is -2.27. The normalized spacial score (nSPS) is 14.6. The van der Waals surface area contributed by atoms with E-state index in [1.807, 2.05) is 6.07 Å². The highest BCUT2D eigenvalue weighted by Crippen LogP contribution is 2.35. The fourth-order valence-corrected chi connectivity index (χ4v) is 4.92. The molecule has 0 bridgehead atoms. The molecule has 0 aliphatic carbocycles. The second kappa shape index (κ2) is 10.8. The Balaban J connectivity index is 1.45. The molecule has 7 nitrogen and oxygen atoms in total. The zero-order valence-electron chi connectivity index (χ0n) is 17.7. The molecule has 1 aliphatic rings. The third-order valence-electron chi connectivity index (χ3n) is 4.97. The molecule has 1 saturated heterocycles. The van der Waals surface area contributed by atoms with Gasteiger partial charge in [-0.25, -0.2) is 0 Å². The van der Waals surface area contributed by atoms with Crippen LogP contribution in [0.5, 0.6) is 5.75 Å². The molecule has 178 valence electrons. The number of thioether (sulfide) groups is 1. The van der Waals surface area contributed by atoms with E-state index in [4.69, 9.17) is 27.9 Å². The summed E-state index contributed by atoms with van der Waals surface area (Å²) in [4.78, 5) is 37.1. The maximum Gasteiger partial charge on any atom is 0.293 e. The molecule has 0 atom stereocenters. The molecule has 1 fully saturated rings. The van der Waals surface area contributed by atoms with Gasteiger partial charge in [-0.3, -0.25) is 24.6 Å². The van der Waals surface area contributed by atoms with E-state index in [1.54, 1.807) is 42.5 Å². The van der Waals surface area contributed by atoms with Gasteiger partial charge in [0.15, 0.2) is 0 Å². The summed E-state index contributed by atoms with van der Waals surface area (Å²) in [6.45, 7) is 0.236. The predicted octanol–water partition coefficient (Wildman–Crippen LogP) is 7.48. The molecular formula is C24H15BrCl2N2O5S. The van der Waals surface area contributed by atoms with Crippen molar-refractivity contribution < 1.29 is 19.2 Å². The number of carbonyl (C=O) groups excluding carboxylic acids is 2. The minimum absolute atomic E-state index is 0.0468. The minimum Gasteiger partial charge on any atom is -0.488 e. The highest BCUT2D eigenvalue weighted by molar-refractivity contribution is 9.10. The van der Waals surface area contributed by atoms with E-state index in [0.29, 0.717) is 31.4 Å². The van der Waals surface area contributed by atoms with E-state index >= 15 is 0 Å². The Morgan fingerprint density at radius 1 is 1.03 bits per heavy atom. The van der Waals surface area contributed by atoms with Crippen molar-refractivity contribution in [2.45, 2.75) is 13.2 Å². The number of non-ortho nitro benzene ring substituents is 1. The Kier molecular flexibility index (Phi) is 7.81. The first-order chi connectivity index (χ1) is 16.7. The fraction of sp³-hybridized carbons (Fsp3) is 0.0833. The molecule has 0 N–H and O–H groups in total. The van der Waals surface area contributed by atoms with Crippen molar-refractivity contribution in [3.8, 4) is 5.75 Å². The van der Waals surface area contributed by atoms with Crippen LogP contribution in [0, 0.1) is 10.1 Å². The first kappa shape index (κ1) is 25.2. The van der Waals surface area contributed by atoms with Crippen LogP contribution in [0.3, 0.4) is 0 Å². The molecule has 1 aliphatic heterocycles. The van der Waals surface area contributed by atoms with Crippen molar-refractivity contribution in [2.24, 2.45) is 0 Å². The van der Waals surface area contributed by atoms with Crippen molar-refractivity contribution in [3.05, 3.63) is 107 Å². The van der Waals surface area contributed by atoms with Crippen molar-refractivity contribution in [2.75, 3.05) is 0 Å². The molecule has 0 aromatic heterocycles. The van der Waals surface area contributed by atoms with Crippen LogP contribution in [-0.4, -0.2) is 21.0 Å². The molecule has 35 heavy (non-hydrogen) atoms. The van der Waals surface area contributed by atoms with Crippen molar-refractivity contribution in [1.82, 2.24) is 4.90 Å². The van der Waals surface area contributed by atoms with Crippen LogP contribution in [0.1, 0.15) is 16.7 Å². The molecule has 4 rings (SSSR count). The number of ether oxygens (including phenoxy) is 1. The monoisotopic (exact) mass is 592 g/mol. The molecule has 1 heterocycles. The quantitative estimate of drug-likeness (QED) is 0.160. The summed E-state index contributed by atoms with van der Waals surface area (Å²) in [5, 5.41) is 11.5. The van der Waals surface area contributed by atoms with Crippen molar-refractivity contribution >= 4 is 73.8 Å². The molecule has 0 radical (unpaired) electrons. The maximum atomic E-state index is 12.8. The van der Waals surface area contributed by atoms with Gasteiger partial charge in [0, 0.05) is 12.1 Å². The Morgan fingerprint density at radius 2 is 1.83 bits per heavy atom. The standard InChI is InChI=1S/C24H15BrCl2N2O5S/c25-18-9-14(5-7-21(18)34-13-16-4-6-19(26)20(27)10-16)11-22-23(30)28(24(31)35-22)12-15-2-1-3-17(8-15)29(32)33/h1-11H,12-13H2/b22-11+. The summed E-state index contributed by atoms with van der Waals surface area (Å²) in [5.41, 5.74) is 1.94. The van der Waals surface area contributed by atoms with Crippen LogP contribution in [0.4, 0.5) is 10.5 Å². The van der Waals surface area contributed by atoms with Crippen LogP contribution in [0.2, 0.25) is 10.0 Å². The maximum absolute atomic E-state index is 12.8. The number of rotatable bonds is 7. The highest BCUT2D eigenvalue weighted by Gasteiger charge is 2.35. The van der Waals surface area contributed by atoms with Gasteiger partial charge in [-0.15, -0.1) is 0 Å². The first-order valence-corrected chi connectivity index (χ1v) is 12.4. The van der Waals surface area contributed by atoms with Gasteiger partial charge in [0.2, 0.25) is 0 Å². The largest absolute Gasteiger partial charge is 0.488 e. The summed E-state index contributed by atoms with van der Waals surface area (Å²) in [5.74, 6) is 0.134. The van der Waals surface area contributed by atoms with E-state index in [2.05, 4.69) is 15.9 Å². The highest BCUT2D eigenvalue weighted by atomic mass is 79.9. The number of carbonyl (C=O) groups is 2. The van der Waals surface area contributed by atoms with E-state index in [0.717, 1.165) is 22.2 Å². The van der Waals surface area contributed by atoms with Crippen molar-refractivity contribution in [1.29, 1.82) is 0 Å². The van der Waals surface area contributed by atoms with Gasteiger partial charge in [0.1, 0.15) is 12.4 Å². The Hall–Kier alpha value is -2.85. The molecule has 11 heteroatoms. The lowest BCUT2D eigenvalue weighted by Gasteiger charge is -2.12. The summed E-state index contributed by atoms with van der Waals surface area (Å²) in [7, 11) is 0. The second-order valence-electron chi connectivity index (χ2n) is 7.42. The average molecular weight is 594 g/mol. The third-order valence-corrected chi connectivity index (χ3v) is 7.23. The lowest BCUT2D eigenvalue weighted by atomic mass is 10.1. The predicted molar refractivity (Wildman–Crippen MR) is 140 cm³/mol. The number of benzene rings is 3. The smallest absolute Gasteiger partial charge is 0.293 e. The number of imide groups is 1. The number of hydrogen-bond acceptors (Lipinski definition) is 6. The molecule has 0 unspecified atom stereocenters. The molecule has 2 amide bonds. The molecule has 0 saturated carbocycles. The summed E-state index contributed by atoms with van der Waals surface area (Å²) >= 11 is 16.3. The molecule has 3 aromatic carbocycles. The number of nitrogens with zero attached hydrogens (tertiary/aromatic N) is 2. The van der Waals surface area contributed by atoms with Crippen LogP contribution >= 0.6 is 50.9 Å². The van der Waals surface area contributed by atoms with Gasteiger partial charge in [0.25, 0.3) is 16.8 Å². The third kappa shape index (κ3) is 6.05. The van der Waals surface area contributed by atoms with Crippen LogP contribution in [-0.2, 0) is 17.9 Å². The Labute approximate surface area is 222 Å². The fourth-order valence-electron chi connectivity index (χ4n) is 3.25. The van der Waals surface area contributed by atoms with Gasteiger partial charge in [-0.2, -0.15) is 0 Å². The van der Waals surface area contributed by atoms with Gasteiger partial charge >= 0.3 is 0 Å². The zero-order valence-corrected chi connectivity index (χ0v) is 21.7. The zero-order chi connectivity index (χ0) is 25.1.